The highest BCUT2D eigenvalue weighted by atomic mass is 16.4. The molecule has 0 saturated carbocycles. The van der Waals surface area contributed by atoms with Gasteiger partial charge in [-0.1, -0.05) is 0 Å². The van der Waals surface area contributed by atoms with Crippen LogP contribution in [-0.4, -0.2) is 34.0 Å². The summed E-state index contributed by atoms with van der Waals surface area (Å²) >= 11 is 0. The van der Waals surface area contributed by atoms with Crippen molar-refractivity contribution in [3.63, 3.8) is 0 Å². The molecule has 8 nitrogen and oxygen atoms in total. The van der Waals surface area contributed by atoms with E-state index in [1.165, 1.54) is 25.3 Å². The van der Waals surface area contributed by atoms with Crippen LogP contribution in [-0.2, 0) is 4.79 Å². The summed E-state index contributed by atoms with van der Waals surface area (Å²) in [5, 5.41) is 13.4. The number of urea groups is 1. The van der Waals surface area contributed by atoms with Crippen LogP contribution in [0.25, 0.3) is 0 Å². The molecule has 1 aromatic heterocycles. The maximum absolute atomic E-state index is 11.5. The minimum Gasteiger partial charge on any atom is -0.476 e. The largest absolute Gasteiger partial charge is 0.476 e. The van der Waals surface area contributed by atoms with Gasteiger partial charge in [0.2, 0.25) is 5.91 Å². The number of carboxylic acids is 1. The van der Waals surface area contributed by atoms with E-state index >= 15 is 0 Å². The number of aromatic nitrogens is 1. The Bertz CT molecular complexity index is 489. The third-order valence-corrected chi connectivity index (χ3v) is 2.03. The van der Waals surface area contributed by atoms with Gasteiger partial charge in [-0.05, 0) is 19.1 Å². The zero-order valence-electron chi connectivity index (χ0n) is 9.51. The number of nitrogens with zero attached hydrogens (tertiary/aromatic N) is 1. The first-order valence-corrected chi connectivity index (χ1v) is 4.97. The molecule has 1 atom stereocenters. The summed E-state index contributed by atoms with van der Waals surface area (Å²) in [7, 11) is 0. The Morgan fingerprint density at radius 1 is 1.44 bits per heavy atom. The summed E-state index contributed by atoms with van der Waals surface area (Å²) in [6.07, 6.45) is 1.29. The van der Waals surface area contributed by atoms with Crippen molar-refractivity contribution < 1.29 is 19.5 Å². The molecule has 0 bridgehead atoms. The Morgan fingerprint density at radius 3 is 2.67 bits per heavy atom. The Hall–Kier alpha value is -2.64. The lowest BCUT2D eigenvalue weighted by atomic mass is 10.3. The van der Waals surface area contributed by atoms with Crippen molar-refractivity contribution in [2.24, 2.45) is 5.73 Å². The molecule has 96 valence electrons. The van der Waals surface area contributed by atoms with Gasteiger partial charge in [0.1, 0.15) is 6.04 Å². The fraction of sp³-hybridized carbons (Fsp3) is 0.200. The third-order valence-electron chi connectivity index (χ3n) is 2.03. The summed E-state index contributed by atoms with van der Waals surface area (Å²) in [4.78, 5) is 36.6. The van der Waals surface area contributed by atoms with Gasteiger partial charge in [-0.15, -0.1) is 0 Å². The first kappa shape index (κ1) is 13.4. The summed E-state index contributed by atoms with van der Waals surface area (Å²) < 4.78 is 0. The number of nitrogens with two attached hydrogens (primary N) is 1. The monoisotopic (exact) mass is 252 g/mol. The first-order chi connectivity index (χ1) is 8.41. The average molecular weight is 252 g/mol. The number of hydrogen-bond acceptors (Lipinski definition) is 4. The number of carbonyl (C=O) groups excluding carboxylic acids is 2. The number of hydrogen-bond donors (Lipinski definition) is 4. The second-order valence-electron chi connectivity index (χ2n) is 3.43. The van der Waals surface area contributed by atoms with E-state index < -0.39 is 23.9 Å². The van der Waals surface area contributed by atoms with Crippen LogP contribution in [0.2, 0.25) is 0 Å². The average Bonchev–Trinajstić information content (AvgIpc) is 2.28. The van der Waals surface area contributed by atoms with Gasteiger partial charge in [-0.25, -0.2) is 14.6 Å². The van der Waals surface area contributed by atoms with E-state index in [9.17, 15) is 14.4 Å². The first-order valence-electron chi connectivity index (χ1n) is 4.97. The molecule has 3 amide bonds. The van der Waals surface area contributed by atoms with E-state index in [4.69, 9.17) is 10.8 Å². The van der Waals surface area contributed by atoms with Crippen LogP contribution in [0.3, 0.4) is 0 Å². The molecule has 0 spiro atoms. The zero-order chi connectivity index (χ0) is 13.7. The fourth-order valence-electron chi connectivity index (χ4n) is 1.10. The summed E-state index contributed by atoms with van der Waals surface area (Å²) in [6, 6.07) is 1.25. The Balaban J connectivity index is 2.76. The van der Waals surface area contributed by atoms with E-state index in [-0.39, 0.29) is 11.4 Å². The number of rotatable bonds is 4. The molecule has 18 heavy (non-hydrogen) atoms. The van der Waals surface area contributed by atoms with Gasteiger partial charge < -0.3 is 21.5 Å². The van der Waals surface area contributed by atoms with Crippen molar-refractivity contribution >= 4 is 23.6 Å². The standard InChI is InChI=1S/C10H12N4O4/c1-5(8(11)15)13-10(18)14-6-3-2-4-12-7(6)9(16)17/h2-5H,1H3,(H2,11,15)(H,16,17)(H2,13,14,18). The van der Waals surface area contributed by atoms with Crippen LogP contribution in [0.15, 0.2) is 18.3 Å². The fourth-order valence-corrected chi connectivity index (χ4v) is 1.10. The minimum absolute atomic E-state index is 0.0270. The number of primary amides is 1. The smallest absolute Gasteiger partial charge is 0.356 e. The molecule has 1 unspecified atom stereocenters. The maximum atomic E-state index is 11.5. The van der Waals surface area contributed by atoms with Crippen LogP contribution in [0.1, 0.15) is 17.4 Å². The number of pyridine rings is 1. The molecule has 1 rings (SSSR count). The lowest BCUT2D eigenvalue weighted by molar-refractivity contribution is -0.119. The highest BCUT2D eigenvalue weighted by Crippen LogP contribution is 2.11. The van der Waals surface area contributed by atoms with E-state index in [1.807, 2.05) is 0 Å². The van der Waals surface area contributed by atoms with Crippen LogP contribution >= 0.6 is 0 Å². The van der Waals surface area contributed by atoms with Crippen molar-refractivity contribution in [1.29, 1.82) is 0 Å². The van der Waals surface area contributed by atoms with Gasteiger partial charge in [0.15, 0.2) is 5.69 Å². The molecule has 0 radical (unpaired) electrons. The van der Waals surface area contributed by atoms with Crippen LogP contribution in [0.5, 0.6) is 0 Å². The van der Waals surface area contributed by atoms with Crippen LogP contribution in [0.4, 0.5) is 10.5 Å². The zero-order valence-corrected chi connectivity index (χ0v) is 9.51. The number of aromatic carboxylic acids is 1. The molecule has 8 heteroatoms. The van der Waals surface area contributed by atoms with Crippen LogP contribution < -0.4 is 16.4 Å². The van der Waals surface area contributed by atoms with Gasteiger partial charge in [0, 0.05) is 6.20 Å². The lowest BCUT2D eigenvalue weighted by Gasteiger charge is -2.12. The highest BCUT2D eigenvalue weighted by molar-refractivity contribution is 5.99. The SMILES string of the molecule is CC(NC(=O)Nc1cccnc1C(=O)O)C(N)=O. The Kier molecular flexibility index (Phi) is 4.19. The minimum atomic E-state index is -1.27. The lowest BCUT2D eigenvalue weighted by Crippen LogP contribution is -2.44. The van der Waals surface area contributed by atoms with Gasteiger partial charge in [-0.2, -0.15) is 0 Å². The van der Waals surface area contributed by atoms with Crippen molar-refractivity contribution in [3.05, 3.63) is 24.0 Å². The van der Waals surface area contributed by atoms with E-state index in [1.54, 1.807) is 0 Å². The van der Waals surface area contributed by atoms with E-state index in [0.717, 1.165) is 0 Å². The van der Waals surface area contributed by atoms with Crippen molar-refractivity contribution in [2.45, 2.75) is 13.0 Å². The summed E-state index contributed by atoms with van der Waals surface area (Å²) in [5.74, 6) is -1.97. The number of carbonyl (C=O) groups is 3. The second kappa shape index (κ2) is 5.62. The predicted molar refractivity (Wildman–Crippen MR) is 62.0 cm³/mol. The topological polar surface area (TPSA) is 134 Å². The highest BCUT2D eigenvalue weighted by Gasteiger charge is 2.16. The van der Waals surface area contributed by atoms with E-state index in [2.05, 4.69) is 15.6 Å². The molecule has 0 saturated heterocycles. The quantitative estimate of drug-likeness (QED) is 0.587. The second-order valence-corrected chi connectivity index (χ2v) is 3.43. The maximum Gasteiger partial charge on any atom is 0.356 e. The predicted octanol–water partition coefficient (Wildman–Crippen LogP) is -0.225. The molecule has 1 aromatic rings. The molecular weight excluding hydrogens is 240 g/mol. The number of amides is 3. The van der Waals surface area contributed by atoms with Crippen molar-refractivity contribution in [3.8, 4) is 0 Å². The third kappa shape index (κ3) is 3.44. The number of nitrogens with one attached hydrogen (secondary N) is 2. The summed E-state index contributed by atoms with van der Waals surface area (Å²) in [6.45, 7) is 1.41. The van der Waals surface area contributed by atoms with Crippen molar-refractivity contribution in [2.75, 3.05) is 5.32 Å². The molecule has 0 fully saturated rings. The molecule has 0 aliphatic carbocycles. The van der Waals surface area contributed by atoms with Crippen LogP contribution in [0, 0.1) is 0 Å². The van der Waals surface area contributed by atoms with Gasteiger partial charge in [-0.3, -0.25) is 4.79 Å². The van der Waals surface area contributed by atoms with Crippen molar-refractivity contribution in [1.82, 2.24) is 10.3 Å². The van der Waals surface area contributed by atoms with Gasteiger partial charge in [0.05, 0.1) is 5.69 Å². The normalized spacial score (nSPS) is 11.4. The Labute approximate surface area is 102 Å². The number of anilines is 1. The van der Waals surface area contributed by atoms with Gasteiger partial charge in [0.25, 0.3) is 0 Å². The molecule has 5 N–H and O–H groups in total. The number of carboxylic acid groups (broad SMARTS) is 1. The molecular formula is C10H12N4O4. The van der Waals surface area contributed by atoms with Gasteiger partial charge >= 0.3 is 12.0 Å². The molecule has 1 heterocycles. The van der Waals surface area contributed by atoms with E-state index in [0.29, 0.717) is 0 Å². The summed E-state index contributed by atoms with van der Waals surface area (Å²) in [5.41, 5.74) is 4.70. The molecule has 0 aliphatic rings. The molecule has 0 aromatic carbocycles. The molecule has 0 aliphatic heterocycles. The Morgan fingerprint density at radius 2 is 2.11 bits per heavy atom.